The van der Waals surface area contributed by atoms with Crippen LogP contribution in [0, 0.1) is 13.8 Å². The molecule has 4 rings (SSSR count). The fraction of sp³-hybridized carbons (Fsp3) is 0.333. The molecule has 1 amide bonds. The largest absolute Gasteiger partial charge is 0.486 e. The molecule has 3 aromatic rings. The molecule has 1 N–H and O–H groups in total. The number of likely N-dealkylation sites (N-methyl/N-ethyl adjacent to an activating group) is 1. The van der Waals surface area contributed by atoms with E-state index in [0.717, 1.165) is 17.9 Å². The summed E-state index contributed by atoms with van der Waals surface area (Å²) >= 11 is 0. The van der Waals surface area contributed by atoms with Gasteiger partial charge in [0.2, 0.25) is 5.91 Å². The van der Waals surface area contributed by atoms with Gasteiger partial charge in [0.15, 0.2) is 17.3 Å². The number of Topliss-reactive ketones (excluding diaryl/α,β-unsaturated/α-hetero) is 1. The van der Waals surface area contributed by atoms with Crippen molar-refractivity contribution in [1.82, 2.24) is 9.47 Å². The van der Waals surface area contributed by atoms with E-state index >= 15 is 0 Å². The minimum absolute atomic E-state index is 0.0152. The number of hydrogen-bond donors (Lipinski definition) is 1. The monoisotopic (exact) mass is 461 g/mol. The number of nitrogens with one attached hydrogen (secondary N) is 1. The lowest BCUT2D eigenvalue weighted by Gasteiger charge is -2.21. The number of fused-ring (bicyclic) bond motifs is 1. The summed E-state index contributed by atoms with van der Waals surface area (Å²) in [6.45, 7) is 8.57. The third-order valence-electron chi connectivity index (χ3n) is 6.07. The van der Waals surface area contributed by atoms with Gasteiger partial charge in [-0.25, -0.2) is 0 Å². The molecule has 0 saturated carbocycles. The summed E-state index contributed by atoms with van der Waals surface area (Å²) in [6.07, 6.45) is 0. The molecule has 0 aliphatic carbocycles. The highest BCUT2D eigenvalue weighted by atomic mass is 16.6. The van der Waals surface area contributed by atoms with Gasteiger partial charge in [-0.1, -0.05) is 37.3 Å². The molecule has 178 valence electrons. The highest BCUT2D eigenvalue weighted by molar-refractivity contribution is 5.99. The van der Waals surface area contributed by atoms with Crippen LogP contribution in [0.25, 0.3) is 0 Å². The van der Waals surface area contributed by atoms with Gasteiger partial charge in [0.1, 0.15) is 13.2 Å². The van der Waals surface area contributed by atoms with Gasteiger partial charge in [0.25, 0.3) is 0 Å². The number of aryl methyl sites for hydroxylation is 1. The molecule has 0 radical (unpaired) electrons. The summed E-state index contributed by atoms with van der Waals surface area (Å²) in [5, 5.41) is 2.89. The molecule has 0 bridgehead atoms. The van der Waals surface area contributed by atoms with E-state index < -0.39 is 0 Å². The second-order valence-electron chi connectivity index (χ2n) is 8.49. The maximum absolute atomic E-state index is 13.1. The molecule has 0 saturated heterocycles. The normalized spacial score (nSPS) is 12.6. The fourth-order valence-corrected chi connectivity index (χ4v) is 4.19. The van der Waals surface area contributed by atoms with E-state index in [1.807, 2.05) is 49.9 Å². The van der Waals surface area contributed by atoms with E-state index in [9.17, 15) is 9.59 Å². The SMILES string of the molecule is CCN(CC(=O)Nc1ccc2c(c1)OCCO2)CC(=O)c1cc(C)n(Cc2ccccc2)c1C. The second-order valence-corrected chi connectivity index (χ2v) is 8.49. The number of aromatic nitrogens is 1. The van der Waals surface area contributed by atoms with E-state index in [1.54, 1.807) is 18.2 Å². The summed E-state index contributed by atoms with van der Waals surface area (Å²) in [5.74, 6) is 1.13. The van der Waals surface area contributed by atoms with Crippen molar-refractivity contribution in [1.29, 1.82) is 0 Å². The van der Waals surface area contributed by atoms with Crippen LogP contribution in [0.5, 0.6) is 11.5 Å². The topological polar surface area (TPSA) is 72.8 Å². The standard InChI is InChI=1S/C27H31N3O4/c1-4-29(18-27(32)28-22-10-11-25-26(15-22)34-13-12-33-25)17-24(31)23-14-19(2)30(20(23)3)16-21-8-6-5-7-9-21/h5-11,14-15H,4,12-13,16-18H2,1-3H3,(H,28,32). The Kier molecular flexibility index (Phi) is 7.33. The lowest BCUT2D eigenvalue weighted by molar-refractivity contribution is -0.117. The number of carbonyl (C=O) groups is 2. The lowest BCUT2D eigenvalue weighted by Crippen LogP contribution is -2.37. The van der Waals surface area contributed by atoms with Crippen molar-refractivity contribution < 1.29 is 19.1 Å². The maximum Gasteiger partial charge on any atom is 0.238 e. The molecule has 0 unspecified atom stereocenters. The van der Waals surface area contributed by atoms with Crippen LogP contribution < -0.4 is 14.8 Å². The van der Waals surface area contributed by atoms with E-state index in [1.165, 1.54) is 5.56 Å². The lowest BCUT2D eigenvalue weighted by atomic mass is 10.1. The molecule has 7 nitrogen and oxygen atoms in total. The molecule has 2 aromatic carbocycles. The summed E-state index contributed by atoms with van der Waals surface area (Å²) in [7, 11) is 0. The first-order valence-corrected chi connectivity index (χ1v) is 11.6. The zero-order chi connectivity index (χ0) is 24.1. The Bertz CT molecular complexity index is 1170. The summed E-state index contributed by atoms with van der Waals surface area (Å²) < 4.78 is 13.3. The van der Waals surface area contributed by atoms with Crippen molar-refractivity contribution in [3.8, 4) is 11.5 Å². The van der Waals surface area contributed by atoms with Crippen molar-refractivity contribution in [3.63, 3.8) is 0 Å². The average Bonchev–Trinajstić information content (AvgIpc) is 3.12. The first kappa shape index (κ1) is 23.6. The quantitative estimate of drug-likeness (QED) is 0.487. The Morgan fingerprint density at radius 1 is 0.971 bits per heavy atom. The molecule has 0 fully saturated rings. The van der Waals surface area contributed by atoms with E-state index in [2.05, 4.69) is 22.0 Å². The Morgan fingerprint density at radius 2 is 1.71 bits per heavy atom. The van der Waals surface area contributed by atoms with Crippen LogP contribution in [0.4, 0.5) is 5.69 Å². The number of rotatable bonds is 9. The molecule has 1 aliphatic heterocycles. The van der Waals surface area contributed by atoms with Crippen LogP contribution in [-0.4, -0.2) is 54.0 Å². The van der Waals surface area contributed by atoms with Gasteiger partial charge in [-0.15, -0.1) is 0 Å². The Labute approximate surface area is 200 Å². The van der Waals surface area contributed by atoms with Crippen LogP contribution in [0.2, 0.25) is 0 Å². The molecular weight excluding hydrogens is 430 g/mol. The third kappa shape index (κ3) is 5.48. The average molecular weight is 462 g/mol. The molecule has 34 heavy (non-hydrogen) atoms. The van der Waals surface area contributed by atoms with Gasteiger partial charge in [-0.2, -0.15) is 0 Å². The molecular formula is C27H31N3O4. The molecule has 2 heterocycles. The van der Waals surface area contributed by atoms with Crippen molar-refractivity contribution >= 4 is 17.4 Å². The summed E-state index contributed by atoms with van der Waals surface area (Å²) in [6, 6.07) is 17.5. The number of anilines is 1. The van der Waals surface area contributed by atoms with Crippen LogP contribution in [0.3, 0.4) is 0 Å². The van der Waals surface area contributed by atoms with Gasteiger partial charge >= 0.3 is 0 Å². The van der Waals surface area contributed by atoms with E-state index in [-0.39, 0.29) is 24.8 Å². The number of carbonyl (C=O) groups excluding carboxylic acids is 2. The van der Waals surface area contributed by atoms with E-state index in [0.29, 0.717) is 42.5 Å². The van der Waals surface area contributed by atoms with Crippen molar-refractivity contribution in [2.24, 2.45) is 0 Å². The number of nitrogens with zero attached hydrogens (tertiary/aromatic N) is 2. The Hall–Kier alpha value is -3.58. The zero-order valence-corrected chi connectivity index (χ0v) is 20.0. The van der Waals surface area contributed by atoms with Gasteiger partial charge in [0.05, 0.1) is 13.1 Å². The highest BCUT2D eigenvalue weighted by Crippen LogP contribution is 2.32. The second kappa shape index (κ2) is 10.6. The first-order chi connectivity index (χ1) is 16.4. The number of benzene rings is 2. The third-order valence-corrected chi connectivity index (χ3v) is 6.07. The van der Waals surface area contributed by atoms with Gasteiger partial charge in [-0.3, -0.25) is 14.5 Å². The molecule has 0 spiro atoms. The minimum atomic E-state index is -0.180. The Morgan fingerprint density at radius 3 is 2.44 bits per heavy atom. The van der Waals surface area contributed by atoms with Gasteiger partial charge in [-0.05, 0) is 44.2 Å². The first-order valence-electron chi connectivity index (χ1n) is 11.6. The summed E-state index contributed by atoms with van der Waals surface area (Å²) in [4.78, 5) is 27.6. The molecule has 1 aromatic heterocycles. The predicted molar refractivity (Wildman–Crippen MR) is 132 cm³/mol. The van der Waals surface area contributed by atoms with Crippen LogP contribution >= 0.6 is 0 Å². The van der Waals surface area contributed by atoms with Gasteiger partial charge < -0.3 is 19.4 Å². The smallest absolute Gasteiger partial charge is 0.238 e. The van der Waals surface area contributed by atoms with E-state index in [4.69, 9.17) is 9.47 Å². The predicted octanol–water partition coefficient (Wildman–Crippen LogP) is 4.07. The summed E-state index contributed by atoms with van der Waals surface area (Å²) in [5.41, 5.74) is 4.53. The number of amides is 1. The van der Waals surface area contributed by atoms with Crippen molar-refractivity contribution in [2.75, 3.05) is 38.2 Å². The van der Waals surface area contributed by atoms with Crippen LogP contribution in [0.15, 0.2) is 54.6 Å². The van der Waals surface area contributed by atoms with Crippen molar-refractivity contribution in [2.45, 2.75) is 27.3 Å². The fourth-order valence-electron chi connectivity index (χ4n) is 4.19. The highest BCUT2D eigenvalue weighted by Gasteiger charge is 2.20. The maximum atomic E-state index is 13.1. The number of ether oxygens (including phenoxy) is 2. The van der Waals surface area contributed by atoms with Crippen LogP contribution in [0.1, 0.15) is 34.2 Å². The minimum Gasteiger partial charge on any atom is -0.486 e. The van der Waals surface area contributed by atoms with Crippen LogP contribution in [-0.2, 0) is 11.3 Å². The molecule has 1 aliphatic rings. The molecule has 0 atom stereocenters. The Balaban J connectivity index is 1.38. The number of ketones is 1. The molecule has 7 heteroatoms. The number of hydrogen-bond acceptors (Lipinski definition) is 5. The van der Waals surface area contributed by atoms with Gasteiger partial charge in [0, 0.05) is 35.2 Å². The zero-order valence-electron chi connectivity index (χ0n) is 20.0. The van der Waals surface area contributed by atoms with Crippen molar-refractivity contribution in [3.05, 3.63) is 77.1 Å².